The molecule has 0 bridgehead atoms. The van der Waals surface area contributed by atoms with Crippen molar-refractivity contribution in [3.8, 4) is 0 Å². The van der Waals surface area contributed by atoms with Crippen molar-refractivity contribution in [3.63, 3.8) is 0 Å². The van der Waals surface area contributed by atoms with Gasteiger partial charge in [0.25, 0.3) is 0 Å². The zero-order valence-corrected chi connectivity index (χ0v) is 11.9. The molecule has 1 aliphatic rings. The summed E-state index contributed by atoms with van der Waals surface area (Å²) in [6.07, 6.45) is -3.17. The molecule has 1 aliphatic heterocycles. The second kappa shape index (κ2) is 6.47. The predicted molar refractivity (Wildman–Crippen MR) is 73.4 cm³/mol. The SMILES string of the molecule is Cc1ccccc1CCCC(N1CCC(=O)N1)C(F)(F)F. The second-order valence-electron chi connectivity index (χ2n) is 5.35. The van der Waals surface area contributed by atoms with Crippen molar-refractivity contribution in [1.29, 1.82) is 0 Å². The van der Waals surface area contributed by atoms with Gasteiger partial charge in [-0.2, -0.15) is 13.2 Å². The molecule has 1 aromatic rings. The van der Waals surface area contributed by atoms with Crippen LogP contribution in [0, 0.1) is 6.92 Å². The summed E-state index contributed by atoms with van der Waals surface area (Å²) < 4.78 is 39.3. The number of benzene rings is 1. The van der Waals surface area contributed by atoms with Gasteiger partial charge in [-0.15, -0.1) is 0 Å². The summed E-state index contributed by atoms with van der Waals surface area (Å²) in [6.45, 7) is 2.07. The van der Waals surface area contributed by atoms with Crippen molar-refractivity contribution in [2.24, 2.45) is 0 Å². The van der Waals surface area contributed by atoms with Crippen LogP contribution in [0.5, 0.6) is 0 Å². The van der Waals surface area contributed by atoms with E-state index < -0.39 is 12.2 Å². The Morgan fingerprint density at radius 1 is 1.33 bits per heavy atom. The zero-order chi connectivity index (χ0) is 15.5. The maximum absolute atomic E-state index is 13.1. The average Bonchev–Trinajstić information content (AvgIpc) is 2.81. The van der Waals surface area contributed by atoms with E-state index in [0.29, 0.717) is 12.8 Å². The van der Waals surface area contributed by atoms with Crippen LogP contribution < -0.4 is 5.43 Å². The minimum atomic E-state index is -4.33. The molecule has 1 N–H and O–H groups in total. The predicted octanol–water partition coefficient (Wildman–Crippen LogP) is 2.99. The molecular weight excluding hydrogens is 281 g/mol. The van der Waals surface area contributed by atoms with E-state index in [0.717, 1.165) is 16.1 Å². The van der Waals surface area contributed by atoms with Crippen molar-refractivity contribution in [1.82, 2.24) is 10.4 Å². The molecule has 6 heteroatoms. The fourth-order valence-electron chi connectivity index (χ4n) is 2.60. The molecule has 1 unspecified atom stereocenters. The van der Waals surface area contributed by atoms with Crippen LogP contribution in [-0.4, -0.2) is 29.7 Å². The summed E-state index contributed by atoms with van der Waals surface area (Å²) in [7, 11) is 0. The largest absolute Gasteiger partial charge is 0.405 e. The van der Waals surface area contributed by atoms with E-state index in [9.17, 15) is 18.0 Å². The summed E-state index contributed by atoms with van der Waals surface area (Å²) in [4.78, 5) is 11.1. The summed E-state index contributed by atoms with van der Waals surface area (Å²) in [5.41, 5.74) is 4.46. The Balaban J connectivity index is 1.94. The molecule has 1 atom stereocenters. The summed E-state index contributed by atoms with van der Waals surface area (Å²) in [5, 5.41) is 1.03. The van der Waals surface area contributed by atoms with Gasteiger partial charge in [-0.1, -0.05) is 24.3 Å². The second-order valence-corrected chi connectivity index (χ2v) is 5.35. The molecule has 1 fully saturated rings. The van der Waals surface area contributed by atoms with E-state index in [-0.39, 0.29) is 25.3 Å². The van der Waals surface area contributed by atoms with Crippen LogP contribution in [0.2, 0.25) is 0 Å². The van der Waals surface area contributed by atoms with E-state index in [4.69, 9.17) is 0 Å². The fraction of sp³-hybridized carbons (Fsp3) is 0.533. The maximum Gasteiger partial charge on any atom is 0.405 e. The van der Waals surface area contributed by atoms with E-state index in [2.05, 4.69) is 5.43 Å². The van der Waals surface area contributed by atoms with Crippen molar-refractivity contribution >= 4 is 5.91 Å². The Kier molecular flexibility index (Phi) is 4.88. The average molecular weight is 300 g/mol. The van der Waals surface area contributed by atoms with Crippen LogP contribution in [0.3, 0.4) is 0 Å². The summed E-state index contributed by atoms with van der Waals surface area (Å²) in [6, 6.07) is 6.10. The Morgan fingerprint density at radius 2 is 2.05 bits per heavy atom. The molecule has 1 aromatic carbocycles. The van der Waals surface area contributed by atoms with E-state index in [1.165, 1.54) is 0 Å². The van der Waals surface area contributed by atoms with Gasteiger partial charge in [0.1, 0.15) is 6.04 Å². The Hall–Kier alpha value is -1.56. The van der Waals surface area contributed by atoms with Crippen molar-refractivity contribution in [3.05, 3.63) is 35.4 Å². The number of hydrogen-bond donors (Lipinski definition) is 1. The molecular formula is C15H19F3N2O. The number of halogens is 3. The first-order chi connectivity index (χ1) is 9.88. The van der Waals surface area contributed by atoms with Crippen LogP contribution in [0.15, 0.2) is 24.3 Å². The molecule has 0 aromatic heterocycles. The molecule has 0 aliphatic carbocycles. The normalized spacial score (nSPS) is 17.8. The van der Waals surface area contributed by atoms with Crippen LogP contribution in [0.4, 0.5) is 13.2 Å². The van der Waals surface area contributed by atoms with E-state index in [1.54, 1.807) is 0 Å². The molecule has 1 saturated heterocycles. The van der Waals surface area contributed by atoms with Crippen molar-refractivity contribution < 1.29 is 18.0 Å². The van der Waals surface area contributed by atoms with E-state index >= 15 is 0 Å². The third kappa shape index (κ3) is 4.20. The van der Waals surface area contributed by atoms with Gasteiger partial charge < -0.3 is 0 Å². The van der Waals surface area contributed by atoms with Gasteiger partial charge in [-0.3, -0.25) is 10.2 Å². The van der Waals surface area contributed by atoms with Crippen molar-refractivity contribution in [2.75, 3.05) is 6.54 Å². The van der Waals surface area contributed by atoms with Crippen LogP contribution in [-0.2, 0) is 11.2 Å². The monoisotopic (exact) mass is 300 g/mol. The molecule has 1 amide bonds. The van der Waals surface area contributed by atoms with Gasteiger partial charge in [0, 0.05) is 13.0 Å². The molecule has 116 valence electrons. The lowest BCUT2D eigenvalue weighted by Crippen LogP contribution is -2.49. The minimum Gasteiger partial charge on any atom is -0.288 e. The number of rotatable bonds is 5. The highest BCUT2D eigenvalue weighted by molar-refractivity contribution is 5.77. The zero-order valence-electron chi connectivity index (χ0n) is 11.9. The molecule has 0 spiro atoms. The van der Waals surface area contributed by atoms with Gasteiger partial charge in [-0.25, -0.2) is 5.01 Å². The number of nitrogens with one attached hydrogen (secondary N) is 1. The smallest absolute Gasteiger partial charge is 0.288 e. The Morgan fingerprint density at radius 3 is 2.62 bits per heavy atom. The topological polar surface area (TPSA) is 32.3 Å². The first kappa shape index (κ1) is 15.8. The third-order valence-electron chi connectivity index (χ3n) is 3.79. The standard InChI is InChI=1S/C15H19F3N2O/c1-11-5-2-3-6-12(11)7-4-8-13(15(16,17)18)20-10-9-14(21)19-20/h2-3,5-6,13H,4,7-10H2,1H3,(H,19,21). The maximum atomic E-state index is 13.1. The molecule has 21 heavy (non-hydrogen) atoms. The lowest BCUT2D eigenvalue weighted by Gasteiger charge is -2.28. The number of hydrazine groups is 1. The fourth-order valence-corrected chi connectivity index (χ4v) is 2.60. The van der Waals surface area contributed by atoms with Gasteiger partial charge in [0.15, 0.2) is 0 Å². The number of hydrogen-bond acceptors (Lipinski definition) is 2. The number of alkyl halides is 3. The summed E-state index contributed by atoms with van der Waals surface area (Å²) >= 11 is 0. The van der Waals surface area contributed by atoms with Gasteiger partial charge >= 0.3 is 6.18 Å². The molecule has 1 heterocycles. The van der Waals surface area contributed by atoms with Crippen LogP contribution in [0.25, 0.3) is 0 Å². The van der Waals surface area contributed by atoms with E-state index in [1.807, 2.05) is 31.2 Å². The Bertz CT molecular complexity index is 502. The lowest BCUT2D eigenvalue weighted by molar-refractivity contribution is -0.190. The third-order valence-corrected chi connectivity index (χ3v) is 3.79. The highest BCUT2D eigenvalue weighted by Gasteiger charge is 2.45. The number of aryl methyl sites for hydroxylation is 2. The summed E-state index contributed by atoms with van der Waals surface area (Å²) in [5.74, 6) is -0.344. The van der Waals surface area contributed by atoms with Gasteiger partial charge in [-0.05, 0) is 37.3 Å². The first-order valence-corrected chi connectivity index (χ1v) is 7.05. The van der Waals surface area contributed by atoms with Crippen LogP contribution >= 0.6 is 0 Å². The van der Waals surface area contributed by atoms with Gasteiger partial charge in [0.05, 0.1) is 0 Å². The molecule has 2 rings (SSSR count). The minimum absolute atomic E-state index is 0.0158. The quantitative estimate of drug-likeness (QED) is 0.906. The first-order valence-electron chi connectivity index (χ1n) is 7.05. The number of carbonyl (C=O) groups is 1. The molecule has 0 saturated carbocycles. The number of nitrogens with zero attached hydrogens (tertiary/aromatic N) is 1. The van der Waals surface area contributed by atoms with Gasteiger partial charge in [0.2, 0.25) is 5.91 Å². The molecule has 0 radical (unpaired) electrons. The van der Waals surface area contributed by atoms with Crippen LogP contribution in [0.1, 0.15) is 30.4 Å². The Labute approximate surface area is 122 Å². The highest BCUT2D eigenvalue weighted by atomic mass is 19.4. The molecule has 3 nitrogen and oxygen atoms in total. The number of carbonyl (C=O) groups excluding carboxylic acids is 1. The number of amides is 1. The lowest BCUT2D eigenvalue weighted by atomic mass is 10.0. The van der Waals surface area contributed by atoms with Crippen molar-refractivity contribution in [2.45, 2.75) is 44.8 Å². The highest BCUT2D eigenvalue weighted by Crippen LogP contribution is 2.29.